The van der Waals surface area contributed by atoms with E-state index < -0.39 is 0 Å². The Hall–Kier alpha value is -1.48. The summed E-state index contributed by atoms with van der Waals surface area (Å²) in [5, 5.41) is 6.81. The fourth-order valence-electron chi connectivity index (χ4n) is 3.42. The lowest BCUT2D eigenvalue weighted by Gasteiger charge is -2.26. The first-order chi connectivity index (χ1) is 10.9. The summed E-state index contributed by atoms with van der Waals surface area (Å²) in [7, 11) is 0. The Balaban J connectivity index is 1.95. The summed E-state index contributed by atoms with van der Waals surface area (Å²) in [6.07, 6.45) is 5.22. The summed E-state index contributed by atoms with van der Waals surface area (Å²) in [4.78, 5) is 0. The molecule has 1 aromatic rings. The Morgan fingerprint density at radius 2 is 2.13 bits per heavy atom. The molecule has 23 heavy (non-hydrogen) atoms. The first-order valence-corrected chi connectivity index (χ1v) is 8.58. The molecule has 0 saturated heterocycles. The van der Waals surface area contributed by atoms with E-state index in [1.54, 1.807) is 24.4 Å². The largest absolute Gasteiger partial charge is 0.389 e. The van der Waals surface area contributed by atoms with Crippen molar-refractivity contribution in [3.63, 3.8) is 0 Å². The number of benzene rings is 1. The number of allylic oxidation sites excluding steroid dienone is 1. The van der Waals surface area contributed by atoms with E-state index >= 15 is 0 Å². The molecule has 1 aromatic carbocycles. The molecular formula is C19H26ClFN2. The minimum atomic E-state index is -0.356. The van der Waals surface area contributed by atoms with Gasteiger partial charge in [0.05, 0.1) is 11.1 Å². The molecule has 0 heterocycles. The lowest BCUT2D eigenvalue weighted by molar-refractivity contribution is 0.379. The number of rotatable bonds is 7. The van der Waals surface area contributed by atoms with Crippen LogP contribution in [0, 0.1) is 17.7 Å². The maximum absolute atomic E-state index is 14.1. The zero-order valence-electron chi connectivity index (χ0n) is 13.9. The van der Waals surface area contributed by atoms with Crippen LogP contribution in [0.15, 0.2) is 43.3 Å². The van der Waals surface area contributed by atoms with E-state index in [1.807, 2.05) is 6.92 Å². The minimum absolute atomic E-state index is 0.156. The lowest BCUT2D eigenvalue weighted by Crippen LogP contribution is -2.27. The standard InChI is InChI=1S/C19H26ClFN2/c1-5-22-16-10-9-15(11-16)12(2)13(3)23-14(4)17-7-6-8-18(20)19(17)21/h5-8,12,14-16,22-23H,1,3,9-11H2,2,4H3. The van der Waals surface area contributed by atoms with Gasteiger partial charge in [-0.2, -0.15) is 0 Å². The topological polar surface area (TPSA) is 24.1 Å². The van der Waals surface area contributed by atoms with Crippen LogP contribution in [0.4, 0.5) is 4.39 Å². The molecule has 2 N–H and O–H groups in total. The van der Waals surface area contributed by atoms with Crippen LogP contribution in [0.1, 0.15) is 44.7 Å². The molecule has 1 saturated carbocycles. The van der Waals surface area contributed by atoms with Crippen LogP contribution in [-0.4, -0.2) is 6.04 Å². The van der Waals surface area contributed by atoms with Crippen LogP contribution in [0.5, 0.6) is 0 Å². The van der Waals surface area contributed by atoms with Gasteiger partial charge >= 0.3 is 0 Å². The highest BCUT2D eigenvalue weighted by atomic mass is 35.5. The molecule has 0 aliphatic heterocycles. The maximum atomic E-state index is 14.1. The molecule has 2 nitrogen and oxygen atoms in total. The summed E-state index contributed by atoms with van der Waals surface area (Å²) in [5.41, 5.74) is 1.53. The Kier molecular flexibility index (Phi) is 6.11. The van der Waals surface area contributed by atoms with Gasteiger partial charge in [-0.3, -0.25) is 0 Å². The highest BCUT2D eigenvalue weighted by Gasteiger charge is 2.29. The molecule has 0 amide bonds. The van der Waals surface area contributed by atoms with Crippen molar-refractivity contribution >= 4 is 11.6 Å². The fraction of sp³-hybridized carbons (Fsp3) is 0.474. The molecular weight excluding hydrogens is 311 g/mol. The second kappa shape index (κ2) is 7.87. The van der Waals surface area contributed by atoms with Gasteiger partial charge in [-0.1, -0.05) is 43.8 Å². The molecule has 0 aromatic heterocycles. The van der Waals surface area contributed by atoms with E-state index in [-0.39, 0.29) is 16.9 Å². The van der Waals surface area contributed by atoms with Crippen molar-refractivity contribution in [1.29, 1.82) is 0 Å². The monoisotopic (exact) mass is 336 g/mol. The first kappa shape index (κ1) is 17.9. The van der Waals surface area contributed by atoms with Gasteiger partial charge in [0.1, 0.15) is 5.82 Å². The SMILES string of the molecule is C=CNC1CCC(C(C)C(=C)NC(C)c2cccc(Cl)c2F)C1. The van der Waals surface area contributed by atoms with E-state index in [0.29, 0.717) is 23.4 Å². The molecule has 126 valence electrons. The zero-order chi connectivity index (χ0) is 17.0. The molecule has 0 radical (unpaired) electrons. The van der Waals surface area contributed by atoms with Gasteiger partial charge in [0.2, 0.25) is 0 Å². The third kappa shape index (κ3) is 4.29. The fourth-order valence-corrected chi connectivity index (χ4v) is 3.60. The lowest BCUT2D eigenvalue weighted by atomic mass is 9.89. The number of hydrogen-bond acceptors (Lipinski definition) is 2. The molecule has 1 aliphatic carbocycles. The molecule has 4 unspecified atom stereocenters. The highest BCUT2D eigenvalue weighted by Crippen LogP contribution is 2.35. The van der Waals surface area contributed by atoms with Gasteiger partial charge in [-0.15, -0.1) is 0 Å². The van der Waals surface area contributed by atoms with Gasteiger partial charge in [0, 0.05) is 17.3 Å². The van der Waals surface area contributed by atoms with Gasteiger partial charge in [0.25, 0.3) is 0 Å². The van der Waals surface area contributed by atoms with Crippen molar-refractivity contribution in [2.24, 2.45) is 11.8 Å². The molecule has 1 fully saturated rings. The average Bonchev–Trinajstić information content (AvgIpc) is 2.98. The van der Waals surface area contributed by atoms with Crippen LogP contribution < -0.4 is 10.6 Å². The summed E-state index contributed by atoms with van der Waals surface area (Å²) in [6.45, 7) is 12.0. The minimum Gasteiger partial charge on any atom is -0.389 e. The van der Waals surface area contributed by atoms with Gasteiger partial charge in [-0.05, 0) is 50.3 Å². The summed E-state index contributed by atoms with van der Waals surface area (Å²) in [5.74, 6) is 0.575. The Labute approximate surface area is 143 Å². The van der Waals surface area contributed by atoms with Crippen molar-refractivity contribution in [2.45, 2.75) is 45.2 Å². The summed E-state index contributed by atoms with van der Waals surface area (Å²) < 4.78 is 14.1. The Morgan fingerprint density at radius 3 is 2.83 bits per heavy atom. The van der Waals surface area contributed by atoms with Gasteiger partial charge in [-0.25, -0.2) is 4.39 Å². The van der Waals surface area contributed by atoms with E-state index in [4.69, 9.17) is 11.6 Å². The van der Waals surface area contributed by atoms with Crippen molar-refractivity contribution in [1.82, 2.24) is 10.6 Å². The molecule has 4 heteroatoms. The second-order valence-corrected chi connectivity index (χ2v) is 6.87. The highest BCUT2D eigenvalue weighted by molar-refractivity contribution is 6.30. The predicted molar refractivity (Wildman–Crippen MR) is 95.7 cm³/mol. The second-order valence-electron chi connectivity index (χ2n) is 6.46. The maximum Gasteiger partial charge on any atom is 0.147 e. The van der Waals surface area contributed by atoms with Crippen molar-refractivity contribution in [2.75, 3.05) is 0 Å². The third-order valence-electron chi connectivity index (χ3n) is 4.93. The van der Waals surface area contributed by atoms with Gasteiger partial charge in [0.15, 0.2) is 0 Å². The van der Waals surface area contributed by atoms with Crippen LogP contribution in [0.3, 0.4) is 0 Å². The Morgan fingerprint density at radius 1 is 1.39 bits per heavy atom. The number of halogens is 2. The van der Waals surface area contributed by atoms with E-state index in [2.05, 4.69) is 30.7 Å². The molecule has 2 rings (SSSR count). The van der Waals surface area contributed by atoms with Crippen molar-refractivity contribution in [3.05, 3.63) is 59.7 Å². The summed E-state index contributed by atoms with van der Waals surface area (Å²) >= 11 is 5.87. The number of hydrogen-bond donors (Lipinski definition) is 2. The van der Waals surface area contributed by atoms with Gasteiger partial charge < -0.3 is 10.6 Å². The van der Waals surface area contributed by atoms with E-state index in [0.717, 1.165) is 18.5 Å². The van der Waals surface area contributed by atoms with Crippen LogP contribution >= 0.6 is 11.6 Å². The third-order valence-corrected chi connectivity index (χ3v) is 5.23. The van der Waals surface area contributed by atoms with Crippen LogP contribution in [0.25, 0.3) is 0 Å². The van der Waals surface area contributed by atoms with Crippen LogP contribution in [0.2, 0.25) is 5.02 Å². The number of nitrogens with one attached hydrogen (secondary N) is 2. The smallest absolute Gasteiger partial charge is 0.147 e. The zero-order valence-corrected chi connectivity index (χ0v) is 14.7. The van der Waals surface area contributed by atoms with E-state index in [1.165, 1.54) is 6.42 Å². The van der Waals surface area contributed by atoms with Crippen LogP contribution in [-0.2, 0) is 0 Å². The normalized spacial score (nSPS) is 23.1. The van der Waals surface area contributed by atoms with E-state index in [9.17, 15) is 4.39 Å². The van der Waals surface area contributed by atoms with Crippen molar-refractivity contribution < 1.29 is 4.39 Å². The quantitative estimate of drug-likeness (QED) is 0.716. The molecule has 1 aliphatic rings. The summed E-state index contributed by atoms with van der Waals surface area (Å²) in [6, 6.07) is 5.45. The van der Waals surface area contributed by atoms with Crippen molar-refractivity contribution in [3.8, 4) is 0 Å². The Bertz CT molecular complexity index is 572. The molecule has 4 atom stereocenters. The average molecular weight is 337 g/mol. The first-order valence-electron chi connectivity index (χ1n) is 8.20. The predicted octanol–water partition coefficient (Wildman–Crippen LogP) is 5.18. The molecule has 0 bridgehead atoms. The molecule has 0 spiro atoms.